The number of ether oxygens (including phenoxy) is 1. The van der Waals surface area contributed by atoms with Crippen molar-refractivity contribution in [3.63, 3.8) is 0 Å². The molecule has 3 unspecified atom stereocenters. The highest BCUT2D eigenvalue weighted by atomic mass is 79.9. The quantitative estimate of drug-likeness (QED) is 0.340. The zero-order valence-corrected chi connectivity index (χ0v) is 25.8. The summed E-state index contributed by atoms with van der Waals surface area (Å²) in [6, 6.07) is 3.60. The molecule has 2 heterocycles. The number of benzene rings is 1. The molecule has 2 aliphatic heterocycles. The summed E-state index contributed by atoms with van der Waals surface area (Å²) in [5, 5.41) is 6.21. The Kier molecular flexibility index (Phi) is 10.9. The molecule has 2 N–H and O–H groups in total. The molecule has 1 aliphatic carbocycles. The molecule has 1 aromatic carbocycles. The molecule has 3 aliphatic rings. The molecule has 1 aromatic rings. The van der Waals surface area contributed by atoms with Gasteiger partial charge in [0.05, 0.1) is 12.5 Å². The van der Waals surface area contributed by atoms with E-state index in [1.54, 1.807) is 11.0 Å². The molecule has 1 saturated carbocycles. The number of amides is 2. The van der Waals surface area contributed by atoms with Crippen LogP contribution in [0.2, 0.25) is 0 Å². The molecule has 224 valence electrons. The van der Waals surface area contributed by atoms with Gasteiger partial charge in [0.15, 0.2) is 0 Å². The maximum absolute atomic E-state index is 13.7. The maximum atomic E-state index is 13.7. The Balaban J connectivity index is 1.56. The minimum absolute atomic E-state index is 0.0119. The molecule has 4 rings (SSSR count). The third-order valence-electron chi connectivity index (χ3n) is 9.62. The molecule has 6 nitrogen and oxygen atoms in total. The molecule has 40 heavy (non-hydrogen) atoms. The Morgan fingerprint density at radius 2 is 1.80 bits per heavy atom. The lowest BCUT2D eigenvalue weighted by molar-refractivity contribution is -0.136. The van der Waals surface area contributed by atoms with E-state index in [-0.39, 0.29) is 41.8 Å². The first-order valence-electron chi connectivity index (χ1n) is 15.1. The number of hydrogen-bond acceptors (Lipinski definition) is 4. The predicted molar refractivity (Wildman–Crippen MR) is 158 cm³/mol. The highest BCUT2D eigenvalue weighted by molar-refractivity contribution is 9.10. The van der Waals surface area contributed by atoms with Gasteiger partial charge in [0, 0.05) is 47.6 Å². The molecule has 2 amide bonds. The zero-order chi connectivity index (χ0) is 28.9. The van der Waals surface area contributed by atoms with Crippen molar-refractivity contribution in [2.45, 2.75) is 103 Å². The Hall–Kier alpha value is -1.74. The van der Waals surface area contributed by atoms with Crippen LogP contribution in [-0.2, 0) is 9.53 Å². The van der Waals surface area contributed by atoms with Crippen LogP contribution in [0.3, 0.4) is 0 Å². The van der Waals surface area contributed by atoms with Crippen LogP contribution >= 0.6 is 15.9 Å². The van der Waals surface area contributed by atoms with Gasteiger partial charge in [0.2, 0.25) is 5.91 Å². The highest BCUT2D eigenvalue weighted by Crippen LogP contribution is 2.48. The summed E-state index contributed by atoms with van der Waals surface area (Å²) in [4.78, 5) is 28.7. The Labute approximate surface area is 246 Å². The van der Waals surface area contributed by atoms with Gasteiger partial charge in [-0.1, -0.05) is 55.0 Å². The largest absolute Gasteiger partial charge is 0.381 e. The first-order valence-corrected chi connectivity index (χ1v) is 15.9. The van der Waals surface area contributed by atoms with Crippen molar-refractivity contribution in [2.75, 3.05) is 31.2 Å². The monoisotopic (exact) mass is 625 g/mol. The standard InChI is InChI=1S/C31H46BrF2N3O3/c1-20-17-31(3,22-9-7-5-4-6-8-10-22)26(30(39)36-20)18-35-29(38)25-15-23(32)16-27(21(25)2)37(19-28(33)34)24-11-13-40-14-12-24/h15-16,20,22,24,26,28H,4-14,17-19H2,1-3H3,(H,35,38)(H,36,39). The number of piperidine rings is 1. The van der Waals surface area contributed by atoms with Crippen LogP contribution in [0.15, 0.2) is 16.6 Å². The van der Waals surface area contributed by atoms with Gasteiger partial charge in [0.1, 0.15) is 0 Å². The van der Waals surface area contributed by atoms with Crippen molar-refractivity contribution in [2.24, 2.45) is 17.3 Å². The smallest absolute Gasteiger partial charge is 0.255 e. The van der Waals surface area contributed by atoms with E-state index in [0.717, 1.165) is 19.3 Å². The second-order valence-corrected chi connectivity index (χ2v) is 13.3. The summed E-state index contributed by atoms with van der Waals surface area (Å²) >= 11 is 3.52. The Morgan fingerprint density at radius 3 is 2.45 bits per heavy atom. The van der Waals surface area contributed by atoms with Gasteiger partial charge in [0.25, 0.3) is 12.3 Å². The van der Waals surface area contributed by atoms with Crippen LogP contribution in [0.5, 0.6) is 0 Å². The third-order valence-corrected chi connectivity index (χ3v) is 10.1. The van der Waals surface area contributed by atoms with Gasteiger partial charge in [-0.25, -0.2) is 8.78 Å². The first kappa shape index (κ1) is 31.2. The van der Waals surface area contributed by atoms with Crippen molar-refractivity contribution in [3.8, 4) is 0 Å². The van der Waals surface area contributed by atoms with E-state index in [4.69, 9.17) is 4.74 Å². The number of nitrogens with one attached hydrogen (secondary N) is 2. The fourth-order valence-corrected chi connectivity index (χ4v) is 7.91. The molecule has 0 spiro atoms. The molecular weight excluding hydrogens is 580 g/mol. The van der Waals surface area contributed by atoms with Gasteiger partial charge in [-0.05, 0) is 75.0 Å². The first-order chi connectivity index (χ1) is 19.1. The topological polar surface area (TPSA) is 70.7 Å². The average molecular weight is 627 g/mol. The minimum atomic E-state index is -2.50. The molecule has 0 aromatic heterocycles. The van der Waals surface area contributed by atoms with Gasteiger partial charge in [-0.15, -0.1) is 0 Å². The second-order valence-electron chi connectivity index (χ2n) is 12.4. The number of hydrogen-bond donors (Lipinski definition) is 2. The summed E-state index contributed by atoms with van der Waals surface area (Å²) in [5.41, 5.74) is 1.54. The number of alkyl halides is 2. The van der Waals surface area contributed by atoms with E-state index in [1.807, 2.05) is 13.0 Å². The van der Waals surface area contributed by atoms with Crippen molar-refractivity contribution in [3.05, 3.63) is 27.7 Å². The number of nitrogens with zero attached hydrogens (tertiary/aromatic N) is 1. The van der Waals surface area contributed by atoms with Crippen molar-refractivity contribution in [1.82, 2.24) is 10.6 Å². The zero-order valence-electron chi connectivity index (χ0n) is 24.2. The highest BCUT2D eigenvalue weighted by Gasteiger charge is 2.48. The minimum Gasteiger partial charge on any atom is -0.381 e. The Morgan fingerprint density at radius 1 is 1.15 bits per heavy atom. The van der Waals surface area contributed by atoms with Crippen LogP contribution < -0.4 is 15.5 Å². The van der Waals surface area contributed by atoms with Crippen LogP contribution in [0, 0.1) is 24.2 Å². The number of anilines is 1. The van der Waals surface area contributed by atoms with Gasteiger partial charge in [-0.3, -0.25) is 9.59 Å². The normalized spacial score (nSPS) is 27.1. The molecule has 9 heteroatoms. The summed E-state index contributed by atoms with van der Waals surface area (Å²) in [6.45, 7) is 7.07. The predicted octanol–water partition coefficient (Wildman–Crippen LogP) is 6.63. The van der Waals surface area contributed by atoms with Gasteiger partial charge >= 0.3 is 0 Å². The fraction of sp³-hybridized carbons (Fsp3) is 0.742. The van der Waals surface area contributed by atoms with Crippen LogP contribution in [0.1, 0.15) is 94.0 Å². The van der Waals surface area contributed by atoms with E-state index in [0.29, 0.717) is 53.3 Å². The fourth-order valence-electron chi connectivity index (χ4n) is 7.47. The van der Waals surface area contributed by atoms with Crippen LogP contribution in [0.4, 0.5) is 14.5 Å². The van der Waals surface area contributed by atoms with Crippen molar-refractivity contribution < 1.29 is 23.1 Å². The molecule has 0 bridgehead atoms. The lowest BCUT2D eigenvalue weighted by Gasteiger charge is -2.49. The van der Waals surface area contributed by atoms with Gasteiger partial charge in [-0.2, -0.15) is 0 Å². The Bertz CT molecular complexity index is 1030. The number of carbonyl (C=O) groups excluding carboxylic acids is 2. The van der Waals surface area contributed by atoms with Crippen molar-refractivity contribution in [1.29, 1.82) is 0 Å². The number of rotatable bonds is 8. The lowest BCUT2D eigenvalue weighted by atomic mass is 9.59. The molecule has 3 fully saturated rings. The van der Waals surface area contributed by atoms with Crippen LogP contribution in [0.25, 0.3) is 0 Å². The third kappa shape index (κ3) is 7.36. The van der Waals surface area contributed by atoms with E-state index < -0.39 is 13.0 Å². The molecule has 0 radical (unpaired) electrons. The molecule has 2 saturated heterocycles. The number of carbonyl (C=O) groups is 2. The van der Waals surface area contributed by atoms with Crippen molar-refractivity contribution >= 4 is 33.4 Å². The van der Waals surface area contributed by atoms with Crippen LogP contribution in [-0.4, -0.2) is 56.6 Å². The number of halogens is 3. The van der Waals surface area contributed by atoms with E-state index >= 15 is 0 Å². The summed E-state index contributed by atoms with van der Waals surface area (Å²) in [7, 11) is 0. The van der Waals surface area contributed by atoms with Gasteiger partial charge < -0.3 is 20.3 Å². The van der Waals surface area contributed by atoms with E-state index in [1.165, 1.54) is 32.1 Å². The molecular formula is C31H46BrF2N3O3. The average Bonchev–Trinajstić information content (AvgIpc) is 2.87. The van der Waals surface area contributed by atoms with E-state index in [2.05, 4.69) is 40.4 Å². The van der Waals surface area contributed by atoms with E-state index in [9.17, 15) is 18.4 Å². The summed E-state index contributed by atoms with van der Waals surface area (Å²) in [6.07, 6.45) is 8.14. The SMILES string of the molecule is Cc1c(C(=O)NCC2C(=O)NC(C)CC2(C)C2CCCCCCC2)cc(Br)cc1N(CC(F)F)C1CCOCC1. The lowest BCUT2D eigenvalue weighted by Crippen LogP contribution is -2.58. The maximum Gasteiger partial charge on any atom is 0.255 e. The summed E-state index contributed by atoms with van der Waals surface area (Å²) in [5.74, 6) is -0.139. The second kappa shape index (κ2) is 14.0. The summed E-state index contributed by atoms with van der Waals surface area (Å²) < 4.78 is 33.5. The molecule has 3 atom stereocenters.